The largest absolute Gasteiger partial charge is 0.416 e. The van der Waals surface area contributed by atoms with Crippen molar-refractivity contribution < 1.29 is 35.1 Å². The van der Waals surface area contributed by atoms with E-state index in [0.29, 0.717) is 38.7 Å². The maximum Gasteiger partial charge on any atom is 0.416 e. The zero-order valence-corrected chi connectivity index (χ0v) is 32.8. The first-order valence-electron chi connectivity index (χ1n) is 18.8. The number of hydrogen-bond acceptors (Lipinski definition) is 4. The van der Waals surface area contributed by atoms with Gasteiger partial charge in [0.2, 0.25) is 0 Å². The van der Waals surface area contributed by atoms with Crippen LogP contribution in [-0.2, 0) is 12.4 Å². The van der Waals surface area contributed by atoms with Crippen molar-refractivity contribution in [1.82, 2.24) is 38.7 Å². The molecule has 0 bridgehead atoms. The predicted octanol–water partition coefficient (Wildman–Crippen LogP) is 12.7. The number of fused-ring (bicyclic) bond motifs is 2. The minimum Gasteiger partial charge on any atom is -0.299 e. The Kier molecular flexibility index (Phi) is 10.4. The summed E-state index contributed by atoms with van der Waals surface area (Å²) in [6, 6.07) is 35.0. The van der Waals surface area contributed by atoms with Crippen LogP contribution in [0.3, 0.4) is 0 Å². The van der Waals surface area contributed by atoms with Gasteiger partial charge in [-0.1, -0.05) is 23.7 Å². The molecule has 314 valence electrons. The molecule has 17 heteroatoms. The first-order chi connectivity index (χ1) is 30.2. The maximum atomic E-state index is 14.3. The average Bonchev–Trinajstić information content (AvgIpc) is 4.10. The fraction of sp³-hybridized carbons (Fsp3) is 0.0435. The summed E-state index contributed by atoms with van der Waals surface area (Å²) in [5.41, 5.74) is 6.39. The van der Waals surface area contributed by atoms with Crippen LogP contribution < -0.4 is 0 Å². The molecular weight excluding hydrogens is 852 g/mol. The van der Waals surface area contributed by atoms with Gasteiger partial charge in [-0.05, 0) is 121 Å². The SMILES string of the molecule is FC(F)(F)c1ccc(-n2cnc3ccc(-c4ccnn4-c4ccc(Cl)cc4)cc32)cc1.Fc1ccc(-n2cnc3ccc(-c4ccnn4-c4ccc(C(F)(F)F)cc4)cc32)c(F)c1. The van der Waals surface area contributed by atoms with Crippen LogP contribution in [0.5, 0.6) is 0 Å². The highest BCUT2D eigenvalue weighted by Gasteiger charge is 2.31. The molecule has 0 unspecified atom stereocenters. The van der Waals surface area contributed by atoms with E-state index >= 15 is 0 Å². The molecule has 0 fully saturated rings. The molecule has 0 aliphatic carbocycles. The van der Waals surface area contributed by atoms with Crippen LogP contribution in [0.2, 0.25) is 5.02 Å². The third kappa shape index (κ3) is 8.15. The molecule has 10 aromatic rings. The number of imidazole rings is 2. The highest BCUT2D eigenvalue weighted by molar-refractivity contribution is 6.30. The molecule has 4 aromatic heterocycles. The van der Waals surface area contributed by atoms with Crippen molar-refractivity contribution in [3.8, 4) is 45.3 Å². The molecular formula is C46H27ClF8N8. The Bertz CT molecular complexity index is 3240. The summed E-state index contributed by atoms with van der Waals surface area (Å²) in [5, 5.41) is 9.29. The fourth-order valence-corrected chi connectivity index (χ4v) is 7.17. The summed E-state index contributed by atoms with van der Waals surface area (Å²) < 4.78 is 112. The van der Waals surface area contributed by atoms with Gasteiger partial charge in [0.25, 0.3) is 0 Å². The van der Waals surface area contributed by atoms with Crippen LogP contribution in [0, 0.1) is 11.6 Å². The minimum absolute atomic E-state index is 0.141. The Labute approximate surface area is 356 Å². The minimum atomic E-state index is -4.43. The van der Waals surface area contributed by atoms with E-state index in [0.717, 1.165) is 64.4 Å². The average molecular weight is 879 g/mol. The first-order valence-corrected chi connectivity index (χ1v) is 19.2. The Morgan fingerprint density at radius 3 is 1.41 bits per heavy atom. The fourth-order valence-electron chi connectivity index (χ4n) is 7.05. The molecule has 63 heavy (non-hydrogen) atoms. The number of nitrogens with zero attached hydrogens (tertiary/aromatic N) is 8. The Morgan fingerprint density at radius 1 is 0.460 bits per heavy atom. The Morgan fingerprint density at radius 2 is 0.921 bits per heavy atom. The van der Waals surface area contributed by atoms with E-state index in [2.05, 4.69) is 20.2 Å². The maximum absolute atomic E-state index is 14.3. The molecule has 0 amide bonds. The third-order valence-corrected chi connectivity index (χ3v) is 10.4. The molecule has 0 aliphatic rings. The molecule has 0 N–H and O–H groups in total. The zero-order chi connectivity index (χ0) is 44.0. The predicted molar refractivity (Wildman–Crippen MR) is 222 cm³/mol. The zero-order valence-electron chi connectivity index (χ0n) is 32.1. The van der Waals surface area contributed by atoms with Crippen molar-refractivity contribution in [3.05, 3.63) is 192 Å². The van der Waals surface area contributed by atoms with Gasteiger partial charge < -0.3 is 0 Å². The molecule has 0 spiro atoms. The lowest BCUT2D eigenvalue weighted by Crippen LogP contribution is -2.05. The normalized spacial score (nSPS) is 11.9. The lowest BCUT2D eigenvalue weighted by Gasteiger charge is -2.11. The van der Waals surface area contributed by atoms with Gasteiger partial charge in [0.05, 0.1) is 74.0 Å². The molecule has 0 aliphatic heterocycles. The van der Waals surface area contributed by atoms with Gasteiger partial charge in [0.15, 0.2) is 0 Å². The monoisotopic (exact) mass is 878 g/mol. The van der Waals surface area contributed by atoms with E-state index < -0.39 is 35.1 Å². The smallest absolute Gasteiger partial charge is 0.299 e. The number of rotatable bonds is 6. The first kappa shape index (κ1) is 40.8. The van der Waals surface area contributed by atoms with Gasteiger partial charge in [0, 0.05) is 27.9 Å². The van der Waals surface area contributed by atoms with Crippen LogP contribution in [0.4, 0.5) is 35.1 Å². The molecule has 10 rings (SSSR count). The second-order valence-corrected chi connectivity index (χ2v) is 14.5. The van der Waals surface area contributed by atoms with Crippen LogP contribution in [0.15, 0.2) is 165 Å². The highest BCUT2D eigenvalue weighted by atomic mass is 35.5. The van der Waals surface area contributed by atoms with E-state index in [4.69, 9.17) is 11.6 Å². The summed E-state index contributed by atoms with van der Waals surface area (Å²) in [5.74, 6) is -1.42. The van der Waals surface area contributed by atoms with E-state index in [-0.39, 0.29) is 5.69 Å². The molecule has 0 radical (unpaired) electrons. The van der Waals surface area contributed by atoms with Gasteiger partial charge in [-0.25, -0.2) is 28.1 Å². The summed E-state index contributed by atoms with van der Waals surface area (Å²) in [4.78, 5) is 8.65. The number of hydrogen-bond donors (Lipinski definition) is 0. The van der Waals surface area contributed by atoms with Crippen molar-refractivity contribution in [2.24, 2.45) is 0 Å². The van der Waals surface area contributed by atoms with Gasteiger partial charge >= 0.3 is 12.4 Å². The third-order valence-electron chi connectivity index (χ3n) is 10.1. The molecule has 0 saturated heterocycles. The number of aromatic nitrogens is 8. The number of alkyl halides is 6. The van der Waals surface area contributed by atoms with Crippen molar-refractivity contribution in [2.75, 3.05) is 0 Å². The standard InChI is InChI=1S/C23H14ClF3N4.C23H13F5N4/c24-17-4-8-19(9-5-17)31-21(11-12-29-31)15-1-10-20-22(13-15)30(14-28-20)18-6-2-16(3-7-18)23(25,26)27;24-16-4-8-21(18(25)12-16)31-13-29-19-7-1-14(11-22(19)31)20-9-10-30-32(20)17-5-2-15(3-6-17)23(26,27)28/h1-14H;1-13H. The summed E-state index contributed by atoms with van der Waals surface area (Å²) in [6.07, 6.45) is -2.51. The van der Waals surface area contributed by atoms with E-state index in [9.17, 15) is 35.1 Å². The van der Waals surface area contributed by atoms with Crippen molar-refractivity contribution in [2.45, 2.75) is 12.4 Å². The molecule has 8 nitrogen and oxygen atoms in total. The van der Waals surface area contributed by atoms with Gasteiger partial charge in [-0.15, -0.1) is 0 Å². The quantitative estimate of drug-likeness (QED) is 0.156. The van der Waals surface area contributed by atoms with Gasteiger partial charge in [0.1, 0.15) is 24.3 Å². The van der Waals surface area contributed by atoms with Crippen LogP contribution >= 0.6 is 11.6 Å². The molecule has 4 heterocycles. The lowest BCUT2D eigenvalue weighted by molar-refractivity contribution is -0.138. The van der Waals surface area contributed by atoms with E-state index in [1.54, 1.807) is 58.2 Å². The summed E-state index contributed by atoms with van der Waals surface area (Å²) >= 11 is 5.99. The summed E-state index contributed by atoms with van der Waals surface area (Å²) in [7, 11) is 0. The number of halogens is 9. The van der Waals surface area contributed by atoms with Crippen molar-refractivity contribution in [1.29, 1.82) is 0 Å². The van der Waals surface area contributed by atoms with Crippen molar-refractivity contribution >= 4 is 33.7 Å². The van der Waals surface area contributed by atoms with E-state index in [1.807, 2.05) is 36.4 Å². The second kappa shape index (κ2) is 16.0. The van der Waals surface area contributed by atoms with Gasteiger partial charge in [-0.3, -0.25) is 9.13 Å². The van der Waals surface area contributed by atoms with Crippen molar-refractivity contribution in [3.63, 3.8) is 0 Å². The molecule has 0 saturated carbocycles. The highest BCUT2D eigenvalue weighted by Crippen LogP contribution is 2.34. The summed E-state index contributed by atoms with van der Waals surface area (Å²) in [6.45, 7) is 0. The Hall–Kier alpha value is -7.59. The Balaban J connectivity index is 0.000000160. The number of benzene rings is 6. The molecule has 6 aromatic carbocycles. The van der Waals surface area contributed by atoms with Crippen LogP contribution in [0.25, 0.3) is 67.3 Å². The van der Waals surface area contributed by atoms with E-state index in [1.165, 1.54) is 52.1 Å². The van der Waals surface area contributed by atoms with Crippen LogP contribution in [-0.4, -0.2) is 38.7 Å². The second-order valence-electron chi connectivity index (χ2n) is 14.1. The van der Waals surface area contributed by atoms with Crippen LogP contribution in [0.1, 0.15) is 11.1 Å². The molecule has 0 atom stereocenters. The lowest BCUT2D eigenvalue weighted by atomic mass is 10.1. The topological polar surface area (TPSA) is 71.3 Å². The van der Waals surface area contributed by atoms with Gasteiger partial charge in [-0.2, -0.15) is 36.5 Å².